The lowest BCUT2D eigenvalue weighted by Gasteiger charge is -2.13. The number of hydrogen-bond donors (Lipinski definition) is 1. The Labute approximate surface area is 102 Å². The summed E-state index contributed by atoms with van der Waals surface area (Å²) in [6.45, 7) is 2.27. The van der Waals surface area contributed by atoms with Crippen LogP contribution in [0.25, 0.3) is 0 Å². The second kappa shape index (κ2) is 6.30. The van der Waals surface area contributed by atoms with Crippen molar-refractivity contribution in [3.05, 3.63) is 18.2 Å². The van der Waals surface area contributed by atoms with E-state index >= 15 is 0 Å². The molecule has 1 atom stereocenters. The van der Waals surface area contributed by atoms with Crippen molar-refractivity contribution in [2.24, 2.45) is 0 Å². The van der Waals surface area contributed by atoms with Gasteiger partial charge < -0.3 is 9.88 Å². The van der Waals surface area contributed by atoms with Gasteiger partial charge in [-0.25, -0.2) is 4.98 Å². The van der Waals surface area contributed by atoms with E-state index in [4.69, 9.17) is 0 Å². The fourth-order valence-corrected chi connectivity index (χ4v) is 2.77. The zero-order chi connectivity index (χ0) is 11.2. The average molecular weight is 239 g/mol. The summed E-state index contributed by atoms with van der Waals surface area (Å²) in [6.07, 6.45) is 11.3. The minimum Gasteiger partial charge on any atom is -0.333 e. The van der Waals surface area contributed by atoms with Crippen molar-refractivity contribution in [1.29, 1.82) is 0 Å². The number of nitrogens with zero attached hydrogens (tertiary/aromatic N) is 2. The Kier molecular flexibility index (Phi) is 4.72. The first kappa shape index (κ1) is 12.0. The monoisotopic (exact) mass is 239 g/mol. The topological polar surface area (TPSA) is 29.9 Å². The summed E-state index contributed by atoms with van der Waals surface area (Å²) in [5.74, 6) is 1.27. The third-order valence-corrected chi connectivity index (χ3v) is 3.86. The van der Waals surface area contributed by atoms with Gasteiger partial charge in [0.25, 0.3) is 0 Å². The Balaban J connectivity index is 1.86. The molecule has 0 saturated carbocycles. The number of rotatable bonds is 6. The van der Waals surface area contributed by atoms with Gasteiger partial charge in [-0.15, -0.1) is 0 Å². The van der Waals surface area contributed by atoms with Gasteiger partial charge in [0, 0.05) is 18.8 Å². The fourth-order valence-electron chi connectivity index (χ4n) is 2.27. The van der Waals surface area contributed by atoms with Crippen molar-refractivity contribution >= 4 is 11.8 Å². The molecule has 2 rings (SSSR count). The van der Waals surface area contributed by atoms with Crippen molar-refractivity contribution in [2.45, 2.75) is 38.3 Å². The first-order valence-electron chi connectivity index (χ1n) is 6.14. The quantitative estimate of drug-likeness (QED) is 0.773. The Morgan fingerprint density at radius 2 is 2.50 bits per heavy atom. The van der Waals surface area contributed by atoms with E-state index in [2.05, 4.69) is 21.1 Å². The summed E-state index contributed by atoms with van der Waals surface area (Å²) in [6, 6.07) is 0.544. The molecule has 1 aliphatic rings. The van der Waals surface area contributed by atoms with Gasteiger partial charge in [-0.2, -0.15) is 11.8 Å². The summed E-state index contributed by atoms with van der Waals surface area (Å²) in [7, 11) is 0. The van der Waals surface area contributed by atoms with Gasteiger partial charge in [-0.1, -0.05) is 0 Å². The summed E-state index contributed by atoms with van der Waals surface area (Å²) in [4.78, 5) is 4.28. The maximum atomic E-state index is 4.28. The maximum Gasteiger partial charge on any atom is 0.0948 e. The van der Waals surface area contributed by atoms with E-state index < -0.39 is 0 Å². The SMILES string of the molecule is CSCCCCn1cncc1[C@@H]1CCCN1. The van der Waals surface area contributed by atoms with E-state index in [1.165, 1.54) is 37.1 Å². The van der Waals surface area contributed by atoms with Crippen LogP contribution in [0.3, 0.4) is 0 Å². The van der Waals surface area contributed by atoms with E-state index in [0.717, 1.165) is 13.1 Å². The molecular weight excluding hydrogens is 218 g/mol. The van der Waals surface area contributed by atoms with Crippen LogP contribution in [-0.4, -0.2) is 28.1 Å². The normalized spacial score (nSPS) is 20.4. The van der Waals surface area contributed by atoms with Gasteiger partial charge in [-0.05, 0) is 44.2 Å². The number of aryl methyl sites for hydroxylation is 1. The number of imidazole rings is 1. The molecule has 4 heteroatoms. The Hall–Kier alpha value is -0.480. The summed E-state index contributed by atoms with van der Waals surface area (Å²) in [5, 5.41) is 3.54. The summed E-state index contributed by atoms with van der Waals surface area (Å²) in [5.41, 5.74) is 1.38. The van der Waals surface area contributed by atoms with Gasteiger partial charge in [0.05, 0.1) is 12.0 Å². The lowest BCUT2D eigenvalue weighted by Crippen LogP contribution is -2.16. The first-order valence-corrected chi connectivity index (χ1v) is 7.53. The maximum absolute atomic E-state index is 4.28. The fraction of sp³-hybridized carbons (Fsp3) is 0.750. The largest absolute Gasteiger partial charge is 0.333 e. The molecule has 90 valence electrons. The molecule has 2 heterocycles. The zero-order valence-electron chi connectivity index (χ0n) is 9.98. The highest BCUT2D eigenvalue weighted by molar-refractivity contribution is 7.98. The number of aromatic nitrogens is 2. The predicted octanol–water partition coefficient (Wildman–Crippen LogP) is 2.45. The second-order valence-corrected chi connectivity index (χ2v) is 5.35. The van der Waals surface area contributed by atoms with E-state index in [-0.39, 0.29) is 0 Å². The molecule has 0 aromatic carbocycles. The second-order valence-electron chi connectivity index (χ2n) is 4.36. The summed E-state index contributed by atoms with van der Waals surface area (Å²) >= 11 is 1.93. The van der Waals surface area contributed by atoms with E-state index in [1.807, 2.05) is 24.3 Å². The third-order valence-electron chi connectivity index (χ3n) is 3.16. The van der Waals surface area contributed by atoms with Gasteiger partial charge in [0.1, 0.15) is 0 Å². The molecule has 3 nitrogen and oxygen atoms in total. The van der Waals surface area contributed by atoms with Crippen molar-refractivity contribution in [3.8, 4) is 0 Å². The molecule has 0 spiro atoms. The molecule has 16 heavy (non-hydrogen) atoms. The van der Waals surface area contributed by atoms with E-state index in [1.54, 1.807) is 0 Å². The molecule has 0 aliphatic carbocycles. The zero-order valence-corrected chi connectivity index (χ0v) is 10.8. The third kappa shape index (κ3) is 3.01. The van der Waals surface area contributed by atoms with Gasteiger partial charge in [-0.3, -0.25) is 0 Å². The van der Waals surface area contributed by atoms with Gasteiger partial charge in [0.2, 0.25) is 0 Å². The lowest BCUT2D eigenvalue weighted by molar-refractivity contribution is 0.546. The van der Waals surface area contributed by atoms with E-state index in [0.29, 0.717) is 6.04 Å². The molecular formula is C12H21N3S. The van der Waals surface area contributed by atoms with Crippen LogP contribution in [0.4, 0.5) is 0 Å². The molecule has 0 amide bonds. The first-order chi connectivity index (χ1) is 7.92. The minimum absolute atomic E-state index is 0.544. The van der Waals surface area contributed by atoms with Crippen LogP contribution in [0.15, 0.2) is 12.5 Å². The molecule has 1 aromatic rings. The van der Waals surface area contributed by atoms with Crippen molar-refractivity contribution in [1.82, 2.24) is 14.9 Å². The lowest BCUT2D eigenvalue weighted by atomic mass is 10.1. The predicted molar refractivity (Wildman–Crippen MR) is 69.8 cm³/mol. The van der Waals surface area contributed by atoms with Crippen molar-refractivity contribution in [3.63, 3.8) is 0 Å². The van der Waals surface area contributed by atoms with Crippen LogP contribution in [0.2, 0.25) is 0 Å². The highest BCUT2D eigenvalue weighted by atomic mass is 32.2. The molecule has 0 unspecified atom stereocenters. The molecule has 1 fully saturated rings. The van der Waals surface area contributed by atoms with Crippen LogP contribution in [0, 0.1) is 0 Å². The van der Waals surface area contributed by atoms with Gasteiger partial charge in [0.15, 0.2) is 0 Å². The Bertz CT molecular complexity index is 305. The van der Waals surface area contributed by atoms with Crippen LogP contribution >= 0.6 is 11.8 Å². The van der Waals surface area contributed by atoms with Crippen LogP contribution in [0.5, 0.6) is 0 Å². The molecule has 0 radical (unpaired) electrons. The highest BCUT2D eigenvalue weighted by Gasteiger charge is 2.19. The number of hydrogen-bond acceptors (Lipinski definition) is 3. The van der Waals surface area contributed by atoms with Crippen molar-refractivity contribution < 1.29 is 0 Å². The summed E-state index contributed by atoms with van der Waals surface area (Å²) < 4.78 is 2.32. The molecule has 1 aliphatic heterocycles. The molecule has 1 N–H and O–H groups in total. The van der Waals surface area contributed by atoms with Crippen molar-refractivity contribution in [2.75, 3.05) is 18.6 Å². The van der Waals surface area contributed by atoms with Crippen LogP contribution < -0.4 is 5.32 Å². The number of thioether (sulfide) groups is 1. The average Bonchev–Trinajstić information content (AvgIpc) is 2.94. The molecule has 1 saturated heterocycles. The van der Waals surface area contributed by atoms with Crippen LogP contribution in [0.1, 0.15) is 37.4 Å². The Morgan fingerprint density at radius 3 is 3.25 bits per heavy atom. The highest BCUT2D eigenvalue weighted by Crippen LogP contribution is 2.22. The number of nitrogens with one attached hydrogen (secondary N) is 1. The van der Waals surface area contributed by atoms with Crippen LogP contribution in [-0.2, 0) is 6.54 Å². The standard InChI is InChI=1S/C12H21N3S/c1-16-8-3-2-7-15-10-13-9-12(15)11-5-4-6-14-11/h9-11,14H,2-8H2,1H3/t11-/m0/s1. The smallest absolute Gasteiger partial charge is 0.0948 e. The van der Waals surface area contributed by atoms with E-state index in [9.17, 15) is 0 Å². The molecule has 1 aromatic heterocycles. The minimum atomic E-state index is 0.544. The number of unbranched alkanes of at least 4 members (excludes halogenated alkanes) is 1. The van der Waals surface area contributed by atoms with Gasteiger partial charge >= 0.3 is 0 Å². The Morgan fingerprint density at radius 1 is 1.56 bits per heavy atom. The molecule has 0 bridgehead atoms.